The van der Waals surface area contributed by atoms with Crippen LogP contribution in [0.4, 0.5) is 11.6 Å². The molecule has 0 amide bonds. The molecule has 160 valence electrons. The fourth-order valence-corrected chi connectivity index (χ4v) is 3.90. The minimum Gasteiger partial charge on any atom is -0.383 e. The first-order valence-electron chi connectivity index (χ1n) is 10.6. The Labute approximate surface area is 179 Å². The van der Waals surface area contributed by atoms with E-state index in [2.05, 4.69) is 60.7 Å². The predicted octanol–water partition coefficient (Wildman–Crippen LogP) is 2.38. The summed E-state index contributed by atoms with van der Waals surface area (Å²) in [5.74, 6) is 1.68. The average Bonchev–Trinajstić information content (AvgIpc) is 3.42. The summed E-state index contributed by atoms with van der Waals surface area (Å²) in [4.78, 5) is 4.42. The Morgan fingerprint density at radius 2 is 1.97 bits per heavy atom. The van der Waals surface area contributed by atoms with Crippen LogP contribution in [-0.2, 0) is 0 Å². The van der Waals surface area contributed by atoms with E-state index in [0.29, 0.717) is 28.9 Å². The molecule has 0 atom stereocenters. The highest BCUT2D eigenvalue weighted by atomic mass is 15.4. The molecule has 1 saturated heterocycles. The van der Waals surface area contributed by atoms with Crippen LogP contribution in [0, 0.1) is 0 Å². The molecule has 4 N–H and O–H groups in total. The van der Waals surface area contributed by atoms with E-state index >= 15 is 0 Å². The zero-order valence-electron chi connectivity index (χ0n) is 17.7. The van der Waals surface area contributed by atoms with E-state index in [1.165, 1.54) is 0 Å². The average molecular weight is 419 g/mol. The van der Waals surface area contributed by atoms with Gasteiger partial charge in [-0.05, 0) is 58.0 Å². The lowest BCUT2D eigenvalue weighted by Gasteiger charge is -2.22. The summed E-state index contributed by atoms with van der Waals surface area (Å²) >= 11 is 0. The Bertz CT molecular complexity index is 1200. The van der Waals surface area contributed by atoms with Gasteiger partial charge in [0.2, 0.25) is 0 Å². The highest BCUT2D eigenvalue weighted by molar-refractivity contribution is 5.76. The van der Waals surface area contributed by atoms with Crippen LogP contribution < -0.4 is 16.4 Å². The van der Waals surface area contributed by atoms with Crippen LogP contribution in [0.5, 0.6) is 0 Å². The predicted molar refractivity (Wildman–Crippen MR) is 120 cm³/mol. The third-order valence-corrected chi connectivity index (χ3v) is 5.48. The minimum absolute atomic E-state index is 0.261. The molecule has 1 fully saturated rings. The molecule has 5 heterocycles. The van der Waals surface area contributed by atoms with Gasteiger partial charge in [-0.15, -0.1) is 15.3 Å². The van der Waals surface area contributed by atoms with Gasteiger partial charge in [-0.3, -0.25) is 4.68 Å². The normalized spacial score (nSPS) is 15.1. The van der Waals surface area contributed by atoms with Gasteiger partial charge in [-0.25, -0.2) is 4.98 Å². The standard InChI is InChI=1S/C21H26N10/c1-13(2)26-18-3-4-19-27-28-21(31(19)29-18)17-9-14(10-24-20(17)22)15-11-25-30(12-15)16-5-7-23-8-6-16/h3-4,9-13,16,23H,5-8H2,1-2H3,(H2,22,24)(H,26,29). The Hall–Kier alpha value is -3.53. The number of rotatable bonds is 5. The molecule has 0 saturated carbocycles. The molecule has 0 aromatic carbocycles. The van der Waals surface area contributed by atoms with Gasteiger partial charge < -0.3 is 16.4 Å². The Balaban J connectivity index is 1.51. The second-order valence-corrected chi connectivity index (χ2v) is 8.16. The second kappa shape index (κ2) is 7.95. The molecule has 31 heavy (non-hydrogen) atoms. The van der Waals surface area contributed by atoms with Crippen LogP contribution in [0.25, 0.3) is 28.2 Å². The fraction of sp³-hybridized carbons (Fsp3) is 0.381. The summed E-state index contributed by atoms with van der Waals surface area (Å²) in [5, 5.41) is 24.5. The summed E-state index contributed by atoms with van der Waals surface area (Å²) in [6.45, 7) is 6.17. The van der Waals surface area contributed by atoms with Crippen LogP contribution in [0.1, 0.15) is 32.7 Å². The van der Waals surface area contributed by atoms with Gasteiger partial charge in [0.25, 0.3) is 0 Å². The van der Waals surface area contributed by atoms with E-state index in [4.69, 9.17) is 5.73 Å². The monoisotopic (exact) mass is 418 g/mol. The summed E-state index contributed by atoms with van der Waals surface area (Å²) in [6, 6.07) is 6.43. The van der Waals surface area contributed by atoms with Crippen molar-refractivity contribution < 1.29 is 0 Å². The zero-order valence-corrected chi connectivity index (χ0v) is 17.7. The number of fused-ring (bicyclic) bond motifs is 1. The molecular formula is C21H26N10. The first-order chi connectivity index (χ1) is 15.1. The SMILES string of the molecule is CC(C)Nc1ccc2nnc(-c3cc(-c4cnn(C5CCNCC5)c4)cnc3N)n2n1. The molecule has 0 spiro atoms. The highest BCUT2D eigenvalue weighted by Crippen LogP contribution is 2.29. The quantitative estimate of drug-likeness (QED) is 0.451. The van der Waals surface area contributed by atoms with E-state index in [1.807, 2.05) is 24.4 Å². The first-order valence-corrected chi connectivity index (χ1v) is 10.6. The van der Waals surface area contributed by atoms with Crippen molar-refractivity contribution in [2.75, 3.05) is 24.1 Å². The summed E-state index contributed by atoms with van der Waals surface area (Å²) in [6.07, 6.45) is 7.89. The number of pyridine rings is 1. The van der Waals surface area contributed by atoms with Crippen LogP contribution in [0.15, 0.2) is 36.8 Å². The Morgan fingerprint density at radius 3 is 2.77 bits per heavy atom. The molecule has 0 bridgehead atoms. The third kappa shape index (κ3) is 3.81. The molecule has 4 aromatic heterocycles. The van der Waals surface area contributed by atoms with Crippen LogP contribution in [-0.4, -0.2) is 53.7 Å². The van der Waals surface area contributed by atoms with Crippen molar-refractivity contribution in [2.45, 2.75) is 38.8 Å². The van der Waals surface area contributed by atoms with E-state index in [1.54, 1.807) is 10.7 Å². The topological polar surface area (TPSA) is 124 Å². The fourth-order valence-electron chi connectivity index (χ4n) is 3.90. The third-order valence-electron chi connectivity index (χ3n) is 5.48. The van der Waals surface area contributed by atoms with Crippen molar-refractivity contribution in [3.05, 3.63) is 36.8 Å². The Kier molecular flexibility index (Phi) is 4.99. The van der Waals surface area contributed by atoms with Gasteiger partial charge in [0.15, 0.2) is 11.5 Å². The summed E-state index contributed by atoms with van der Waals surface area (Å²) in [5.41, 5.74) is 9.49. The van der Waals surface area contributed by atoms with Crippen molar-refractivity contribution in [1.82, 2.24) is 39.9 Å². The van der Waals surface area contributed by atoms with Gasteiger partial charge in [-0.1, -0.05) is 0 Å². The van der Waals surface area contributed by atoms with Gasteiger partial charge >= 0.3 is 0 Å². The molecule has 0 unspecified atom stereocenters. The van der Waals surface area contributed by atoms with E-state index in [-0.39, 0.29) is 6.04 Å². The molecule has 4 aromatic rings. The Morgan fingerprint density at radius 1 is 1.13 bits per heavy atom. The van der Waals surface area contributed by atoms with Gasteiger partial charge in [0, 0.05) is 29.6 Å². The molecule has 0 radical (unpaired) electrons. The number of hydrogen-bond acceptors (Lipinski definition) is 8. The summed E-state index contributed by atoms with van der Waals surface area (Å²) < 4.78 is 3.75. The summed E-state index contributed by atoms with van der Waals surface area (Å²) in [7, 11) is 0. The molecular weight excluding hydrogens is 392 g/mol. The van der Waals surface area contributed by atoms with Gasteiger partial charge in [0.1, 0.15) is 11.6 Å². The lowest BCUT2D eigenvalue weighted by molar-refractivity contribution is 0.343. The highest BCUT2D eigenvalue weighted by Gasteiger charge is 2.18. The first kappa shape index (κ1) is 19.4. The van der Waals surface area contributed by atoms with Crippen molar-refractivity contribution in [3.8, 4) is 22.5 Å². The molecule has 5 rings (SSSR count). The molecule has 1 aliphatic rings. The number of hydrogen-bond donors (Lipinski definition) is 3. The zero-order chi connectivity index (χ0) is 21.4. The van der Waals surface area contributed by atoms with Crippen molar-refractivity contribution in [2.24, 2.45) is 0 Å². The lowest BCUT2D eigenvalue weighted by Crippen LogP contribution is -2.29. The number of aromatic nitrogens is 7. The smallest absolute Gasteiger partial charge is 0.189 e. The van der Waals surface area contributed by atoms with Crippen molar-refractivity contribution in [1.29, 1.82) is 0 Å². The van der Waals surface area contributed by atoms with Crippen molar-refractivity contribution in [3.63, 3.8) is 0 Å². The van der Waals surface area contributed by atoms with E-state index in [0.717, 1.165) is 42.9 Å². The molecule has 1 aliphatic heterocycles. The second-order valence-electron chi connectivity index (χ2n) is 8.16. The number of piperidine rings is 1. The van der Waals surface area contributed by atoms with Gasteiger partial charge in [0.05, 0.1) is 17.8 Å². The number of nitrogens with one attached hydrogen (secondary N) is 2. The van der Waals surface area contributed by atoms with E-state index < -0.39 is 0 Å². The van der Waals surface area contributed by atoms with Crippen LogP contribution >= 0.6 is 0 Å². The van der Waals surface area contributed by atoms with Crippen molar-refractivity contribution >= 4 is 17.3 Å². The maximum absolute atomic E-state index is 6.23. The number of anilines is 2. The van der Waals surface area contributed by atoms with Crippen LogP contribution in [0.2, 0.25) is 0 Å². The number of nitrogens with zero attached hydrogens (tertiary/aromatic N) is 7. The number of nitrogen functional groups attached to an aromatic ring is 1. The van der Waals surface area contributed by atoms with E-state index in [9.17, 15) is 0 Å². The lowest BCUT2D eigenvalue weighted by atomic mass is 10.1. The molecule has 10 heteroatoms. The maximum Gasteiger partial charge on any atom is 0.189 e. The number of nitrogens with two attached hydrogens (primary N) is 1. The van der Waals surface area contributed by atoms with Gasteiger partial charge in [-0.2, -0.15) is 9.61 Å². The van der Waals surface area contributed by atoms with Crippen LogP contribution in [0.3, 0.4) is 0 Å². The minimum atomic E-state index is 0.261. The molecule has 0 aliphatic carbocycles. The molecule has 10 nitrogen and oxygen atoms in total. The largest absolute Gasteiger partial charge is 0.383 e. The maximum atomic E-state index is 6.23.